The number of piperidine rings is 2. The molecule has 0 radical (unpaired) electrons. The molecule has 98 valence electrons. The lowest BCUT2D eigenvalue weighted by molar-refractivity contribution is -0.134. The molecule has 4 fully saturated rings. The molecule has 0 aromatic heterocycles. The van der Waals surface area contributed by atoms with Crippen LogP contribution in [-0.4, -0.2) is 85.3 Å². The van der Waals surface area contributed by atoms with Gasteiger partial charge in [-0.25, -0.2) is 10.0 Å². The first-order chi connectivity index (χ1) is 8.24. The van der Waals surface area contributed by atoms with Crippen molar-refractivity contribution in [3.8, 4) is 0 Å². The molecule has 4 aliphatic rings. The van der Waals surface area contributed by atoms with Crippen LogP contribution in [0, 0.1) is 0 Å². The molecule has 0 amide bonds. The number of hydrogen-bond acceptors (Lipinski definition) is 4. The summed E-state index contributed by atoms with van der Waals surface area (Å²) < 4.78 is 0. The van der Waals surface area contributed by atoms with Crippen LogP contribution in [0.3, 0.4) is 0 Å². The molecule has 17 heavy (non-hydrogen) atoms. The van der Waals surface area contributed by atoms with Gasteiger partial charge in [-0.15, -0.1) is 0 Å². The van der Waals surface area contributed by atoms with Gasteiger partial charge < -0.3 is 9.80 Å². The van der Waals surface area contributed by atoms with E-state index in [9.17, 15) is 0 Å². The Morgan fingerprint density at radius 2 is 1.65 bits per heavy atom. The highest BCUT2D eigenvalue weighted by molar-refractivity contribution is 4.93. The molecule has 0 aromatic carbocycles. The van der Waals surface area contributed by atoms with Gasteiger partial charge in [-0.1, -0.05) is 0 Å². The Labute approximate surface area is 105 Å². The lowest BCUT2D eigenvalue weighted by Gasteiger charge is -2.53. The standard InChI is InChI=1S/C13H26N4/c1-14-6-3-7-16(9-8-14)17-11-12-4-5-13(17)10-15(12)2/h12-13H,3-11H2,1-2H3. The third-order valence-corrected chi connectivity index (χ3v) is 4.83. The number of fused-ring (bicyclic) bond motifs is 3. The SMILES string of the molecule is CN1CCCN(N2CC3CCC2CN3C)CC1. The minimum atomic E-state index is 0.786. The second-order valence-corrected chi connectivity index (χ2v) is 6.06. The number of likely N-dealkylation sites (N-methyl/N-ethyl adjacent to an activating group) is 2. The number of hydrogen-bond donors (Lipinski definition) is 0. The first kappa shape index (κ1) is 11.9. The predicted octanol–water partition coefficient (Wildman–Crippen LogP) is 0.317. The van der Waals surface area contributed by atoms with E-state index in [-0.39, 0.29) is 0 Å². The second kappa shape index (κ2) is 4.84. The number of rotatable bonds is 1. The average molecular weight is 238 g/mol. The van der Waals surface area contributed by atoms with E-state index in [2.05, 4.69) is 33.9 Å². The Morgan fingerprint density at radius 3 is 2.35 bits per heavy atom. The summed E-state index contributed by atoms with van der Waals surface area (Å²) in [6.07, 6.45) is 4.13. The molecule has 0 N–H and O–H groups in total. The Hall–Kier alpha value is -0.160. The summed E-state index contributed by atoms with van der Waals surface area (Å²) in [5.74, 6) is 0. The van der Waals surface area contributed by atoms with Crippen LogP contribution in [0.25, 0.3) is 0 Å². The Morgan fingerprint density at radius 1 is 0.824 bits per heavy atom. The fraction of sp³-hybridized carbons (Fsp3) is 1.00. The molecule has 0 saturated carbocycles. The minimum Gasteiger partial charge on any atom is -0.305 e. The van der Waals surface area contributed by atoms with E-state index in [0.29, 0.717) is 0 Å². The van der Waals surface area contributed by atoms with E-state index in [1.807, 2.05) is 0 Å². The Balaban J connectivity index is 1.64. The van der Waals surface area contributed by atoms with Crippen molar-refractivity contribution in [1.29, 1.82) is 0 Å². The van der Waals surface area contributed by atoms with Crippen LogP contribution in [0.2, 0.25) is 0 Å². The van der Waals surface area contributed by atoms with Crippen LogP contribution in [0.5, 0.6) is 0 Å². The van der Waals surface area contributed by atoms with Crippen molar-refractivity contribution in [2.75, 3.05) is 53.4 Å². The van der Waals surface area contributed by atoms with Crippen LogP contribution in [0.1, 0.15) is 19.3 Å². The summed E-state index contributed by atoms with van der Waals surface area (Å²) in [4.78, 5) is 5.03. The zero-order valence-corrected chi connectivity index (χ0v) is 11.3. The quantitative estimate of drug-likeness (QED) is 0.652. The zero-order chi connectivity index (χ0) is 11.8. The molecule has 2 atom stereocenters. The van der Waals surface area contributed by atoms with Gasteiger partial charge in [0, 0.05) is 44.8 Å². The summed E-state index contributed by atoms with van der Waals surface area (Å²) >= 11 is 0. The van der Waals surface area contributed by atoms with E-state index < -0.39 is 0 Å². The average Bonchev–Trinajstić information content (AvgIpc) is 2.55. The smallest absolute Gasteiger partial charge is 0.0374 e. The summed E-state index contributed by atoms with van der Waals surface area (Å²) in [5, 5.41) is 5.35. The summed E-state index contributed by atoms with van der Waals surface area (Å²) in [6.45, 7) is 7.52. The summed E-state index contributed by atoms with van der Waals surface area (Å²) in [7, 11) is 4.55. The van der Waals surface area contributed by atoms with Crippen LogP contribution in [0.4, 0.5) is 0 Å². The van der Waals surface area contributed by atoms with Crippen molar-refractivity contribution in [3.05, 3.63) is 0 Å². The van der Waals surface area contributed by atoms with Gasteiger partial charge in [0.2, 0.25) is 0 Å². The maximum absolute atomic E-state index is 2.70. The van der Waals surface area contributed by atoms with Gasteiger partial charge in [-0.05, 0) is 39.9 Å². The Bertz CT molecular complexity index is 270. The monoisotopic (exact) mass is 238 g/mol. The van der Waals surface area contributed by atoms with Gasteiger partial charge >= 0.3 is 0 Å². The van der Waals surface area contributed by atoms with Crippen LogP contribution >= 0.6 is 0 Å². The Kier molecular flexibility index (Phi) is 3.39. The summed E-state index contributed by atoms with van der Waals surface area (Å²) in [6, 6.07) is 1.59. The van der Waals surface area contributed by atoms with Crippen molar-refractivity contribution < 1.29 is 0 Å². The van der Waals surface area contributed by atoms with Gasteiger partial charge in [0.15, 0.2) is 0 Å². The minimum absolute atomic E-state index is 0.786. The molecule has 2 bridgehead atoms. The number of hydrazine groups is 1. The highest BCUT2D eigenvalue weighted by Gasteiger charge is 2.39. The van der Waals surface area contributed by atoms with Crippen LogP contribution in [0.15, 0.2) is 0 Å². The molecule has 0 spiro atoms. The van der Waals surface area contributed by atoms with E-state index >= 15 is 0 Å². The van der Waals surface area contributed by atoms with Crippen molar-refractivity contribution in [2.24, 2.45) is 0 Å². The van der Waals surface area contributed by atoms with Crippen LogP contribution in [-0.2, 0) is 0 Å². The van der Waals surface area contributed by atoms with E-state index in [1.165, 1.54) is 58.5 Å². The first-order valence-corrected chi connectivity index (χ1v) is 7.14. The fourth-order valence-electron chi connectivity index (χ4n) is 3.65. The predicted molar refractivity (Wildman–Crippen MR) is 69.8 cm³/mol. The zero-order valence-electron chi connectivity index (χ0n) is 11.3. The van der Waals surface area contributed by atoms with Gasteiger partial charge in [-0.3, -0.25) is 0 Å². The van der Waals surface area contributed by atoms with Crippen molar-refractivity contribution in [1.82, 2.24) is 19.8 Å². The highest BCUT2D eigenvalue weighted by Crippen LogP contribution is 2.29. The molecule has 4 nitrogen and oxygen atoms in total. The summed E-state index contributed by atoms with van der Waals surface area (Å²) in [5.41, 5.74) is 0. The molecular formula is C13H26N4. The van der Waals surface area contributed by atoms with Gasteiger partial charge in [-0.2, -0.15) is 0 Å². The second-order valence-electron chi connectivity index (χ2n) is 6.06. The third-order valence-electron chi connectivity index (χ3n) is 4.83. The molecule has 4 rings (SSSR count). The topological polar surface area (TPSA) is 13.0 Å². The molecule has 4 aliphatic heterocycles. The lowest BCUT2D eigenvalue weighted by atomic mass is 9.93. The fourth-order valence-corrected chi connectivity index (χ4v) is 3.65. The van der Waals surface area contributed by atoms with Crippen molar-refractivity contribution in [3.63, 3.8) is 0 Å². The molecular weight excluding hydrogens is 212 g/mol. The number of piperazine rings is 1. The normalized spacial score (nSPS) is 38.5. The van der Waals surface area contributed by atoms with Gasteiger partial charge in [0.05, 0.1) is 0 Å². The molecule has 4 heterocycles. The maximum atomic E-state index is 2.70. The lowest BCUT2D eigenvalue weighted by Crippen LogP contribution is -2.66. The molecule has 2 unspecified atom stereocenters. The van der Waals surface area contributed by atoms with Crippen molar-refractivity contribution in [2.45, 2.75) is 31.3 Å². The molecule has 4 saturated heterocycles. The van der Waals surface area contributed by atoms with E-state index in [4.69, 9.17) is 0 Å². The largest absolute Gasteiger partial charge is 0.305 e. The third kappa shape index (κ3) is 2.36. The molecule has 0 aromatic rings. The molecule has 0 aliphatic carbocycles. The van der Waals surface area contributed by atoms with E-state index in [1.54, 1.807) is 0 Å². The highest BCUT2D eigenvalue weighted by atomic mass is 15.7. The van der Waals surface area contributed by atoms with Crippen molar-refractivity contribution >= 4 is 0 Å². The first-order valence-electron chi connectivity index (χ1n) is 7.14. The maximum Gasteiger partial charge on any atom is 0.0374 e. The van der Waals surface area contributed by atoms with Crippen LogP contribution < -0.4 is 0 Å². The number of nitrogens with zero attached hydrogens (tertiary/aromatic N) is 4. The van der Waals surface area contributed by atoms with Gasteiger partial charge in [0.25, 0.3) is 0 Å². The van der Waals surface area contributed by atoms with E-state index in [0.717, 1.165) is 12.1 Å². The molecule has 4 heteroatoms. The van der Waals surface area contributed by atoms with Gasteiger partial charge in [0.1, 0.15) is 0 Å².